The van der Waals surface area contributed by atoms with E-state index in [1.54, 1.807) is 17.0 Å². The van der Waals surface area contributed by atoms with Gasteiger partial charge in [0.2, 0.25) is 11.7 Å². The molecule has 1 aliphatic carbocycles. The van der Waals surface area contributed by atoms with Gasteiger partial charge in [-0.3, -0.25) is 14.4 Å². The van der Waals surface area contributed by atoms with Gasteiger partial charge in [0.25, 0.3) is 11.8 Å². The molecule has 9 heteroatoms. The van der Waals surface area contributed by atoms with Gasteiger partial charge in [-0.15, -0.1) is 0 Å². The summed E-state index contributed by atoms with van der Waals surface area (Å²) in [7, 11) is 4.55. The molecular weight excluding hydrogens is 498 g/mol. The van der Waals surface area contributed by atoms with Crippen LogP contribution in [-0.4, -0.2) is 69.1 Å². The van der Waals surface area contributed by atoms with Crippen LogP contribution in [0.15, 0.2) is 36.4 Å². The monoisotopic (exact) mass is 537 g/mol. The number of piperidine rings is 1. The lowest BCUT2D eigenvalue weighted by Crippen LogP contribution is -2.55. The molecule has 2 N–H and O–H groups in total. The number of amides is 3. The van der Waals surface area contributed by atoms with Crippen LogP contribution in [0.3, 0.4) is 0 Å². The Kier molecular flexibility index (Phi) is 9.32. The lowest BCUT2D eigenvalue weighted by molar-refractivity contribution is -0.127. The van der Waals surface area contributed by atoms with Crippen molar-refractivity contribution >= 4 is 17.7 Å². The highest BCUT2D eigenvalue weighted by molar-refractivity contribution is 5.96. The molecule has 2 atom stereocenters. The van der Waals surface area contributed by atoms with Gasteiger partial charge in [0.05, 0.1) is 21.3 Å². The fourth-order valence-electron chi connectivity index (χ4n) is 5.58. The standard InChI is InChI=1S/C30H39N3O6/c1-19-9-5-6-10-22(19)29(35)32-24-12-8-7-11-23(24)31-28(34)20-13-15-33(16-14-20)30(36)21-17-25(37-2)27(39-4)26(18-21)38-3/h5-6,9-10,17-18,20,23-24H,7-8,11-16H2,1-4H3,(H,31,34)(H,32,35)/t23?,24-/m1/s1. The van der Waals surface area contributed by atoms with Crippen LogP contribution in [0.1, 0.15) is 64.8 Å². The molecule has 2 fully saturated rings. The van der Waals surface area contributed by atoms with Gasteiger partial charge in [-0.05, 0) is 56.4 Å². The first-order valence-electron chi connectivity index (χ1n) is 13.6. The van der Waals surface area contributed by atoms with E-state index >= 15 is 0 Å². The summed E-state index contributed by atoms with van der Waals surface area (Å²) in [5, 5.41) is 6.39. The van der Waals surface area contributed by atoms with Crippen molar-refractivity contribution in [3.63, 3.8) is 0 Å². The van der Waals surface area contributed by atoms with E-state index in [9.17, 15) is 14.4 Å². The minimum atomic E-state index is -0.177. The first-order chi connectivity index (χ1) is 18.9. The average molecular weight is 538 g/mol. The summed E-state index contributed by atoms with van der Waals surface area (Å²) in [4.78, 5) is 41.2. The van der Waals surface area contributed by atoms with Crippen LogP contribution in [0.5, 0.6) is 17.2 Å². The van der Waals surface area contributed by atoms with Gasteiger partial charge in [-0.25, -0.2) is 0 Å². The number of aryl methyl sites for hydroxylation is 1. The van der Waals surface area contributed by atoms with Crippen LogP contribution in [0, 0.1) is 12.8 Å². The van der Waals surface area contributed by atoms with Gasteiger partial charge >= 0.3 is 0 Å². The Labute approximate surface area is 230 Å². The van der Waals surface area contributed by atoms with Gasteiger partial charge in [0.1, 0.15) is 0 Å². The summed E-state index contributed by atoms with van der Waals surface area (Å²) in [5.41, 5.74) is 2.04. The van der Waals surface area contributed by atoms with Crippen LogP contribution in [0.4, 0.5) is 0 Å². The Hall–Kier alpha value is -3.75. The highest BCUT2D eigenvalue weighted by Crippen LogP contribution is 2.38. The maximum absolute atomic E-state index is 13.2. The number of benzene rings is 2. The Morgan fingerprint density at radius 3 is 1.97 bits per heavy atom. The van der Waals surface area contributed by atoms with E-state index in [2.05, 4.69) is 10.6 Å². The SMILES string of the molecule is COc1cc(C(=O)N2CCC(C(=O)NC3CCCC[C@H]3NC(=O)c3ccccc3C)CC2)cc(OC)c1OC. The maximum atomic E-state index is 13.2. The molecule has 39 heavy (non-hydrogen) atoms. The Morgan fingerprint density at radius 1 is 0.821 bits per heavy atom. The van der Waals surface area contributed by atoms with E-state index < -0.39 is 0 Å². The zero-order valence-electron chi connectivity index (χ0n) is 23.2. The summed E-state index contributed by atoms with van der Waals surface area (Å²) in [6.07, 6.45) is 4.87. The van der Waals surface area contributed by atoms with Crippen molar-refractivity contribution in [2.45, 2.75) is 57.5 Å². The smallest absolute Gasteiger partial charge is 0.254 e. The minimum absolute atomic E-state index is 0.00285. The number of nitrogens with one attached hydrogen (secondary N) is 2. The number of rotatable bonds is 8. The molecule has 0 spiro atoms. The van der Waals surface area contributed by atoms with Crippen LogP contribution in [0.25, 0.3) is 0 Å². The Bertz CT molecular complexity index is 1170. The third kappa shape index (κ3) is 6.46. The summed E-state index contributed by atoms with van der Waals surface area (Å²) in [6, 6.07) is 10.6. The lowest BCUT2D eigenvalue weighted by atomic mass is 9.88. The Morgan fingerprint density at radius 2 is 1.41 bits per heavy atom. The van der Waals surface area contributed by atoms with Crippen molar-refractivity contribution < 1.29 is 28.6 Å². The van der Waals surface area contributed by atoms with E-state index in [1.807, 2.05) is 31.2 Å². The topological polar surface area (TPSA) is 106 Å². The highest BCUT2D eigenvalue weighted by Gasteiger charge is 2.33. The van der Waals surface area contributed by atoms with E-state index in [1.165, 1.54) is 21.3 Å². The molecule has 210 valence electrons. The number of nitrogens with zero attached hydrogens (tertiary/aromatic N) is 1. The third-order valence-electron chi connectivity index (χ3n) is 7.86. The van der Waals surface area contributed by atoms with Crippen molar-refractivity contribution in [2.75, 3.05) is 34.4 Å². The van der Waals surface area contributed by atoms with Crippen molar-refractivity contribution in [3.05, 3.63) is 53.1 Å². The van der Waals surface area contributed by atoms with Crippen LogP contribution >= 0.6 is 0 Å². The van der Waals surface area contributed by atoms with Gasteiger partial charge in [-0.1, -0.05) is 31.0 Å². The van der Waals surface area contributed by atoms with Gasteiger partial charge < -0.3 is 29.7 Å². The molecular formula is C30H39N3O6. The molecule has 2 aromatic carbocycles. The van der Waals surface area contributed by atoms with Crippen LogP contribution in [0.2, 0.25) is 0 Å². The highest BCUT2D eigenvalue weighted by atomic mass is 16.5. The second-order valence-electron chi connectivity index (χ2n) is 10.3. The normalized spacial score (nSPS) is 19.6. The maximum Gasteiger partial charge on any atom is 0.254 e. The molecule has 1 aliphatic heterocycles. The second-order valence-corrected chi connectivity index (χ2v) is 10.3. The van der Waals surface area contributed by atoms with E-state index in [4.69, 9.17) is 14.2 Å². The number of methoxy groups -OCH3 is 3. The van der Waals surface area contributed by atoms with E-state index in [0.717, 1.165) is 31.2 Å². The van der Waals surface area contributed by atoms with Crippen molar-refractivity contribution in [3.8, 4) is 17.2 Å². The predicted octanol–water partition coefficient (Wildman–Crippen LogP) is 3.73. The van der Waals surface area contributed by atoms with Crippen LogP contribution < -0.4 is 24.8 Å². The zero-order chi connectivity index (χ0) is 27.9. The number of carbonyl (C=O) groups excluding carboxylic acids is 3. The molecule has 2 aliphatic rings. The number of hydrogen-bond donors (Lipinski definition) is 2. The molecule has 4 rings (SSSR count). The van der Waals surface area contributed by atoms with Gasteiger partial charge in [-0.2, -0.15) is 0 Å². The molecule has 0 bridgehead atoms. The molecule has 1 saturated carbocycles. The first kappa shape index (κ1) is 28.3. The summed E-state index contributed by atoms with van der Waals surface area (Å²) >= 11 is 0. The zero-order valence-corrected chi connectivity index (χ0v) is 23.2. The second kappa shape index (κ2) is 12.9. The van der Waals surface area contributed by atoms with E-state index in [-0.39, 0.29) is 35.7 Å². The molecule has 1 saturated heterocycles. The van der Waals surface area contributed by atoms with Gasteiger partial charge in [0.15, 0.2) is 11.5 Å². The molecule has 2 aromatic rings. The molecule has 3 amide bonds. The predicted molar refractivity (Wildman–Crippen MR) is 148 cm³/mol. The largest absolute Gasteiger partial charge is 0.493 e. The van der Waals surface area contributed by atoms with Crippen molar-refractivity contribution in [1.29, 1.82) is 0 Å². The third-order valence-corrected chi connectivity index (χ3v) is 7.86. The number of carbonyl (C=O) groups is 3. The molecule has 0 aromatic heterocycles. The Balaban J connectivity index is 1.34. The summed E-state index contributed by atoms with van der Waals surface area (Å²) in [5.74, 6) is 0.859. The minimum Gasteiger partial charge on any atom is -0.493 e. The first-order valence-corrected chi connectivity index (χ1v) is 13.6. The summed E-state index contributed by atoms with van der Waals surface area (Å²) < 4.78 is 16.1. The number of likely N-dealkylation sites (tertiary alicyclic amines) is 1. The van der Waals surface area contributed by atoms with Crippen LogP contribution in [-0.2, 0) is 4.79 Å². The molecule has 1 heterocycles. The fraction of sp³-hybridized carbons (Fsp3) is 0.500. The molecule has 9 nitrogen and oxygen atoms in total. The average Bonchev–Trinajstić information content (AvgIpc) is 2.97. The van der Waals surface area contributed by atoms with E-state index in [0.29, 0.717) is 54.3 Å². The quantitative estimate of drug-likeness (QED) is 0.532. The molecule has 1 unspecified atom stereocenters. The number of ether oxygens (including phenoxy) is 3. The van der Waals surface area contributed by atoms with Gasteiger partial charge in [0, 0.05) is 42.2 Å². The summed E-state index contributed by atoms with van der Waals surface area (Å²) in [6.45, 7) is 2.88. The van der Waals surface area contributed by atoms with Crippen molar-refractivity contribution in [2.24, 2.45) is 5.92 Å². The molecule has 0 radical (unpaired) electrons. The van der Waals surface area contributed by atoms with Crippen molar-refractivity contribution in [1.82, 2.24) is 15.5 Å². The number of hydrogen-bond acceptors (Lipinski definition) is 6. The lowest BCUT2D eigenvalue weighted by Gasteiger charge is -2.36. The fourth-order valence-corrected chi connectivity index (χ4v) is 5.58.